The second-order valence-corrected chi connectivity index (χ2v) is 5.16. The molecule has 3 heterocycles. The Labute approximate surface area is 114 Å². The Hall–Kier alpha value is -2.15. The van der Waals surface area contributed by atoms with Crippen LogP contribution < -0.4 is 11.1 Å². The van der Waals surface area contributed by atoms with Gasteiger partial charge in [0, 0.05) is 4.88 Å². The van der Waals surface area contributed by atoms with Crippen LogP contribution in [-0.4, -0.2) is 20.2 Å². The number of fused-ring (bicyclic) bond motifs is 1. The Morgan fingerprint density at radius 2 is 2.37 bits per heavy atom. The summed E-state index contributed by atoms with van der Waals surface area (Å²) in [5.74, 6) is 0.955. The van der Waals surface area contributed by atoms with Crippen LogP contribution in [0.5, 0.6) is 0 Å². The number of nitrogens with one attached hydrogen (secondary N) is 2. The molecule has 0 amide bonds. The van der Waals surface area contributed by atoms with Gasteiger partial charge >= 0.3 is 0 Å². The summed E-state index contributed by atoms with van der Waals surface area (Å²) in [5, 5.41) is 13.1. The van der Waals surface area contributed by atoms with Crippen molar-refractivity contribution < 1.29 is 0 Å². The fourth-order valence-electron chi connectivity index (χ4n) is 1.99. The van der Waals surface area contributed by atoms with E-state index in [0.29, 0.717) is 5.65 Å². The Balaban J connectivity index is 1.98. The Morgan fingerprint density at radius 1 is 1.47 bits per heavy atom. The molecule has 1 atom stereocenters. The van der Waals surface area contributed by atoms with Crippen molar-refractivity contribution in [1.29, 1.82) is 0 Å². The van der Waals surface area contributed by atoms with Gasteiger partial charge in [0.1, 0.15) is 5.82 Å². The third-order valence-corrected chi connectivity index (χ3v) is 3.92. The molecule has 6 nitrogen and oxygen atoms in total. The number of nitrogens with zero attached hydrogens (tertiary/aromatic N) is 3. The summed E-state index contributed by atoms with van der Waals surface area (Å²) in [6.07, 6.45) is 2.67. The van der Waals surface area contributed by atoms with Gasteiger partial charge in [-0.3, -0.25) is 5.10 Å². The zero-order chi connectivity index (χ0) is 13.2. The summed E-state index contributed by atoms with van der Waals surface area (Å²) in [4.78, 5) is 9.65. The van der Waals surface area contributed by atoms with Crippen LogP contribution in [0.25, 0.3) is 11.0 Å². The lowest BCUT2D eigenvalue weighted by Gasteiger charge is -2.16. The van der Waals surface area contributed by atoms with E-state index in [-0.39, 0.29) is 12.0 Å². The van der Waals surface area contributed by atoms with E-state index in [0.717, 1.165) is 17.6 Å². The summed E-state index contributed by atoms with van der Waals surface area (Å²) in [7, 11) is 0. The Bertz CT molecular complexity index is 675. The molecule has 0 radical (unpaired) electrons. The maximum atomic E-state index is 5.71. The molecule has 98 valence electrons. The summed E-state index contributed by atoms with van der Waals surface area (Å²) >= 11 is 1.73. The van der Waals surface area contributed by atoms with Crippen LogP contribution in [0.1, 0.15) is 24.3 Å². The van der Waals surface area contributed by atoms with Crippen molar-refractivity contribution in [2.24, 2.45) is 0 Å². The highest BCUT2D eigenvalue weighted by atomic mass is 32.1. The third kappa shape index (κ3) is 2.24. The van der Waals surface area contributed by atoms with E-state index in [1.165, 1.54) is 4.88 Å². The zero-order valence-corrected chi connectivity index (χ0v) is 11.2. The van der Waals surface area contributed by atoms with Crippen LogP contribution in [0.3, 0.4) is 0 Å². The van der Waals surface area contributed by atoms with Gasteiger partial charge in [-0.1, -0.05) is 13.0 Å². The van der Waals surface area contributed by atoms with Gasteiger partial charge in [-0.2, -0.15) is 15.1 Å². The molecule has 0 spiro atoms. The average molecular weight is 274 g/mol. The molecule has 0 aliphatic rings. The molecular weight excluding hydrogens is 260 g/mol. The first-order chi connectivity index (χ1) is 9.28. The highest BCUT2D eigenvalue weighted by Gasteiger charge is 2.14. The molecule has 4 N–H and O–H groups in total. The smallest absolute Gasteiger partial charge is 0.224 e. The zero-order valence-electron chi connectivity index (χ0n) is 10.4. The fraction of sp³-hybridized carbons (Fsp3) is 0.250. The number of hydrogen-bond acceptors (Lipinski definition) is 6. The molecule has 3 aromatic heterocycles. The minimum absolute atomic E-state index is 0.215. The molecule has 0 saturated heterocycles. The highest BCUT2D eigenvalue weighted by molar-refractivity contribution is 7.10. The molecular formula is C12H14N6S. The monoisotopic (exact) mass is 274 g/mol. The number of rotatable bonds is 4. The van der Waals surface area contributed by atoms with Crippen LogP contribution in [0.4, 0.5) is 11.8 Å². The van der Waals surface area contributed by atoms with E-state index < -0.39 is 0 Å². The molecule has 1 unspecified atom stereocenters. The summed E-state index contributed by atoms with van der Waals surface area (Å²) < 4.78 is 0. The van der Waals surface area contributed by atoms with Crippen LogP contribution >= 0.6 is 11.3 Å². The van der Waals surface area contributed by atoms with Gasteiger partial charge in [0.05, 0.1) is 17.6 Å². The number of anilines is 2. The molecule has 0 aliphatic carbocycles. The molecule has 7 heteroatoms. The molecule has 3 rings (SSSR count). The van der Waals surface area contributed by atoms with E-state index >= 15 is 0 Å². The van der Waals surface area contributed by atoms with Crippen molar-refractivity contribution in [3.63, 3.8) is 0 Å². The largest absolute Gasteiger partial charge is 0.368 e. The van der Waals surface area contributed by atoms with E-state index in [1.807, 2.05) is 6.07 Å². The standard InChI is InChI=1S/C12H14N6S/c1-2-8(9-4-3-5-19-9)15-10-7-6-14-18-11(7)17-12(13)16-10/h3-6,8H,2H2,1H3,(H4,13,14,15,16,17,18). The van der Waals surface area contributed by atoms with Gasteiger partial charge in [-0.25, -0.2) is 0 Å². The molecule has 3 aromatic rings. The number of nitrogens with two attached hydrogens (primary N) is 1. The number of H-pyrrole nitrogens is 1. The second-order valence-electron chi connectivity index (χ2n) is 4.18. The van der Waals surface area contributed by atoms with E-state index in [2.05, 4.69) is 43.9 Å². The van der Waals surface area contributed by atoms with Crippen molar-refractivity contribution in [3.05, 3.63) is 28.6 Å². The number of nitrogen functional groups attached to an aromatic ring is 1. The van der Waals surface area contributed by atoms with Crippen LogP contribution in [0.2, 0.25) is 0 Å². The predicted molar refractivity (Wildman–Crippen MR) is 77.1 cm³/mol. The van der Waals surface area contributed by atoms with Crippen LogP contribution in [0.15, 0.2) is 23.7 Å². The first kappa shape index (κ1) is 11.9. The first-order valence-corrected chi connectivity index (χ1v) is 6.92. The SMILES string of the molecule is CCC(Nc1nc(N)nc2[nH]ncc12)c1cccs1. The topological polar surface area (TPSA) is 92.5 Å². The lowest BCUT2D eigenvalue weighted by atomic mass is 10.2. The number of hydrogen-bond donors (Lipinski definition) is 3. The van der Waals surface area contributed by atoms with Gasteiger partial charge < -0.3 is 11.1 Å². The molecule has 0 aromatic carbocycles. The van der Waals surface area contributed by atoms with Crippen molar-refractivity contribution in [1.82, 2.24) is 20.2 Å². The summed E-state index contributed by atoms with van der Waals surface area (Å²) in [6.45, 7) is 2.13. The van der Waals surface area contributed by atoms with Crippen molar-refractivity contribution in [2.75, 3.05) is 11.1 Å². The Kier molecular flexibility index (Phi) is 3.04. The van der Waals surface area contributed by atoms with Crippen molar-refractivity contribution in [3.8, 4) is 0 Å². The van der Waals surface area contributed by atoms with Crippen LogP contribution in [0, 0.1) is 0 Å². The lowest BCUT2D eigenvalue weighted by Crippen LogP contribution is -2.11. The average Bonchev–Trinajstić information content (AvgIpc) is 3.05. The molecule has 19 heavy (non-hydrogen) atoms. The molecule has 0 saturated carbocycles. The van der Waals surface area contributed by atoms with Crippen LogP contribution in [-0.2, 0) is 0 Å². The normalized spacial score (nSPS) is 12.7. The lowest BCUT2D eigenvalue weighted by molar-refractivity contribution is 0.760. The van der Waals surface area contributed by atoms with Crippen molar-refractivity contribution in [2.45, 2.75) is 19.4 Å². The first-order valence-electron chi connectivity index (χ1n) is 6.04. The van der Waals surface area contributed by atoms with Crippen molar-refractivity contribution >= 4 is 34.1 Å². The summed E-state index contributed by atoms with van der Waals surface area (Å²) in [5.41, 5.74) is 6.36. The van der Waals surface area contributed by atoms with Gasteiger partial charge in [0.2, 0.25) is 5.95 Å². The Morgan fingerprint density at radius 3 is 3.11 bits per heavy atom. The van der Waals surface area contributed by atoms with E-state index in [1.54, 1.807) is 17.5 Å². The van der Waals surface area contributed by atoms with E-state index in [4.69, 9.17) is 5.73 Å². The number of aromatic nitrogens is 4. The number of thiophene rings is 1. The molecule has 0 aliphatic heterocycles. The maximum absolute atomic E-state index is 5.71. The number of aromatic amines is 1. The minimum Gasteiger partial charge on any atom is -0.368 e. The quantitative estimate of drug-likeness (QED) is 0.680. The third-order valence-electron chi connectivity index (χ3n) is 2.93. The molecule has 0 fully saturated rings. The van der Waals surface area contributed by atoms with Gasteiger partial charge in [-0.05, 0) is 17.9 Å². The molecule has 0 bridgehead atoms. The second kappa shape index (κ2) is 4.85. The van der Waals surface area contributed by atoms with Gasteiger partial charge in [0.25, 0.3) is 0 Å². The minimum atomic E-state index is 0.215. The van der Waals surface area contributed by atoms with Gasteiger partial charge in [0.15, 0.2) is 5.65 Å². The predicted octanol–water partition coefficient (Wildman–Crippen LogP) is 2.56. The summed E-state index contributed by atoms with van der Waals surface area (Å²) in [6, 6.07) is 4.38. The fourth-order valence-corrected chi connectivity index (χ4v) is 2.85. The van der Waals surface area contributed by atoms with E-state index in [9.17, 15) is 0 Å². The maximum Gasteiger partial charge on any atom is 0.224 e. The highest BCUT2D eigenvalue weighted by Crippen LogP contribution is 2.28. The van der Waals surface area contributed by atoms with Gasteiger partial charge in [-0.15, -0.1) is 11.3 Å².